The maximum absolute atomic E-state index is 12.9. The molecular formula is C25H29N5O2S. The van der Waals surface area contributed by atoms with Crippen molar-refractivity contribution in [2.45, 2.75) is 47.8 Å². The van der Waals surface area contributed by atoms with Crippen LogP contribution in [0.25, 0.3) is 0 Å². The van der Waals surface area contributed by atoms with Crippen LogP contribution in [0.5, 0.6) is 5.75 Å². The molecular weight excluding hydrogens is 434 g/mol. The molecule has 0 unspecified atom stereocenters. The Morgan fingerprint density at radius 1 is 1.06 bits per heavy atom. The average molecular weight is 464 g/mol. The molecule has 7 nitrogen and oxygen atoms in total. The minimum absolute atomic E-state index is 0.138. The molecule has 33 heavy (non-hydrogen) atoms. The lowest BCUT2D eigenvalue weighted by Crippen LogP contribution is -2.12. The summed E-state index contributed by atoms with van der Waals surface area (Å²) >= 11 is 1.41. The van der Waals surface area contributed by atoms with Gasteiger partial charge in [0.15, 0.2) is 0 Å². The van der Waals surface area contributed by atoms with Crippen molar-refractivity contribution in [2.75, 3.05) is 5.32 Å². The number of ether oxygens (including phenoxy) is 1. The van der Waals surface area contributed by atoms with E-state index in [-0.39, 0.29) is 5.91 Å². The fourth-order valence-corrected chi connectivity index (χ4v) is 4.64. The summed E-state index contributed by atoms with van der Waals surface area (Å²) in [4.78, 5) is 13.6. The van der Waals surface area contributed by atoms with Crippen LogP contribution < -0.4 is 10.1 Å². The zero-order chi connectivity index (χ0) is 23.7. The molecule has 1 aromatic carbocycles. The molecule has 0 atom stereocenters. The van der Waals surface area contributed by atoms with Crippen molar-refractivity contribution in [3.63, 3.8) is 0 Å². The summed E-state index contributed by atoms with van der Waals surface area (Å²) < 4.78 is 9.67. The number of carbonyl (C=O) groups is 1. The summed E-state index contributed by atoms with van der Waals surface area (Å²) in [5.74, 6) is 0.686. The smallest absolute Gasteiger partial charge is 0.265 e. The molecule has 0 bridgehead atoms. The van der Waals surface area contributed by atoms with Crippen LogP contribution in [-0.2, 0) is 20.2 Å². The Balaban J connectivity index is 1.44. The second-order valence-electron chi connectivity index (χ2n) is 8.35. The second kappa shape index (κ2) is 9.23. The van der Waals surface area contributed by atoms with Gasteiger partial charge in [0.1, 0.15) is 12.4 Å². The van der Waals surface area contributed by atoms with Crippen molar-refractivity contribution in [1.82, 2.24) is 19.6 Å². The van der Waals surface area contributed by atoms with E-state index >= 15 is 0 Å². The molecule has 3 aromatic heterocycles. The highest BCUT2D eigenvalue weighted by atomic mass is 32.1. The van der Waals surface area contributed by atoms with E-state index < -0.39 is 0 Å². The molecule has 1 amide bonds. The number of nitrogens with zero attached hydrogens (tertiary/aromatic N) is 4. The number of aromatic nitrogens is 4. The minimum atomic E-state index is -0.138. The molecule has 0 saturated heterocycles. The highest BCUT2D eigenvalue weighted by Gasteiger charge is 2.19. The van der Waals surface area contributed by atoms with Gasteiger partial charge >= 0.3 is 0 Å². The first-order chi connectivity index (χ1) is 15.7. The molecule has 0 spiro atoms. The van der Waals surface area contributed by atoms with E-state index in [4.69, 9.17) is 4.74 Å². The van der Waals surface area contributed by atoms with Crippen molar-refractivity contribution in [1.29, 1.82) is 0 Å². The largest absolute Gasteiger partial charge is 0.489 e. The number of amides is 1. The third kappa shape index (κ3) is 4.85. The summed E-state index contributed by atoms with van der Waals surface area (Å²) in [6.45, 7) is 11.0. The van der Waals surface area contributed by atoms with E-state index in [1.807, 2.05) is 79.8 Å². The topological polar surface area (TPSA) is 74.0 Å². The summed E-state index contributed by atoms with van der Waals surface area (Å²) in [7, 11) is 1.94. The fraction of sp³-hybridized carbons (Fsp3) is 0.320. The van der Waals surface area contributed by atoms with E-state index in [1.165, 1.54) is 11.3 Å². The first-order valence-electron chi connectivity index (χ1n) is 10.8. The molecule has 172 valence electrons. The number of carbonyl (C=O) groups excluding carboxylic acids is 1. The Labute approximate surface area is 198 Å². The minimum Gasteiger partial charge on any atom is -0.489 e. The lowest BCUT2D eigenvalue weighted by Gasteiger charge is -2.07. The summed E-state index contributed by atoms with van der Waals surface area (Å²) in [5, 5.41) is 14.2. The number of hydrogen-bond acceptors (Lipinski definition) is 5. The molecule has 0 fully saturated rings. The molecule has 0 aliphatic carbocycles. The number of rotatable bonds is 7. The van der Waals surface area contributed by atoms with Crippen LogP contribution in [0.3, 0.4) is 0 Å². The second-order valence-corrected chi connectivity index (χ2v) is 9.27. The van der Waals surface area contributed by atoms with Gasteiger partial charge in [0.25, 0.3) is 5.91 Å². The van der Waals surface area contributed by atoms with Gasteiger partial charge in [-0.05, 0) is 63.8 Å². The van der Waals surface area contributed by atoms with Crippen LogP contribution >= 0.6 is 11.3 Å². The van der Waals surface area contributed by atoms with Gasteiger partial charge in [-0.2, -0.15) is 10.2 Å². The molecule has 0 radical (unpaired) electrons. The number of aryl methyl sites for hydroxylation is 4. The zero-order valence-corrected chi connectivity index (χ0v) is 20.7. The molecule has 4 aromatic rings. The Bertz CT molecular complexity index is 1310. The average Bonchev–Trinajstić information content (AvgIpc) is 3.42. The van der Waals surface area contributed by atoms with Gasteiger partial charge in [-0.15, -0.1) is 11.3 Å². The van der Waals surface area contributed by atoms with Crippen molar-refractivity contribution in [3.05, 3.63) is 80.1 Å². The Hall–Kier alpha value is -3.39. The first-order valence-corrected chi connectivity index (χ1v) is 11.7. The summed E-state index contributed by atoms with van der Waals surface area (Å²) in [6.07, 6.45) is 0. The number of nitrogens with one attached hydrogen (secondary N) is 1. The van der Waals surface area contributed by atoms with Crippen molar-refractivity contribution < 1.29 is 9.53 Å². The predicted molar refractivity (Wildman–Crippen MR) is 131 cm³/mol. The highest BCUT2D eigenvalue weighted by Crippen LogP contribution is 2.25. The van der Waals surface area contributed by atoms with Crippen LogP contribution in [-0.4, -0.2) is 25.5 Å². The molecule has 3 heterocycles. The number of hydrogen-bond donors (Lipinski definition) is 1. The lowest BCUT2D eigenvalue weighted by atomic mass is 10.2. The van der Waals surface area contributed by atoms with E-state index in [2.05, 4.69) is 22.4 Å². The van der Waals surface area contributed by atoms with E-state index in [0.29, 0.717) is 18.0 Å². The molecule has 0 saturated carbocycles. The molecule has 0 aliphatic rings. The van der Waals surface area contributed by atoms with Gasteiger partial charge in [0.05, 0.1) is 34.2 Å². The normalized spacial score (nSPS) is 11.1. The zero-order valence-electron chi connectivity index (χ0n) is 19.9. The van der Waals surface area contributed by atoms with Crippen LogP contribution in [0, 0.1) is 34.6 Å². The van der Waals surface area contributed by atoms with Crippen LogP contribution in [0.1, 0.15) is 49.1 Å². The van der Waals surface area contributed by atoms with Gasteiger partial charge in [0.2, 0.25) is 0 Å². The van der Waals surface area contributed by atoms with Gasteiger partial charge in [-0.1, -0.05) is 12.1 Å². The van der Waals surface area contributed by atoms with E-state index in [9.17, 15) is 4.79 Å². The Morgan fingerprint density at radius 2 is 1.85 bits per heavy atom. The van der Waals surface area contributed by atoms with Gasteiger partial charge in [-0.25, -0.2) is 0 Å². The van der Waals surface area contributed by atoms with Crippen molar-refractivity contribution in [2.24, 2.45) is 7.05 Å². The SMILES string of the molecule is Cc1cccc(OCc2csc(C(=O)Nc3c(C)nn(Cc4c(C)nn(C)c4C)c3C)c2)c1. The third-order valence-electron chi connectivity index (χ3n) is 5.86. The number of thiophene rings is 1. The van der Waals surface area contributed by atoms with Crippen molar-refractivity contribution in [3.8, 4) is 5.75 Å². The van der Waals surface area contributed by atoms with E-state index in [0.717, 1.165) is 50.9 Å². The van der Waals surface area contributed by atoms with Crippen LogP contribution in [0.4, 0.5) is 5.69 Å². The van der Waals surface area contributed by atoms with Gasteiger partial charge in [-0.3, -0.25) is 14.2 Å². The molecule has 1 N–H and O–H groups in total. The van der Waals surface area contributed by atoms with Crippen LogP contribution in [0.15, 0.2) is 35.7 Å². The maximum Gasteiger partial charge on any atom is 0.265 e. The molecule has 4 rings (SSSR count). The highest BCUT2D eigenvalue weighted by molar-refractivity contribution is 7.12. The number of benzene rings is 1. The fourth-order valence-electron chi connectivity index (χ4n) is 3.85. The summed E-state index contributed by atoms with van der Waals surface area (Å²) in [5.41, 5.74) is 7.85. The lowest BCUT2D eigenvalue weighted by molar-refractivity contribution is 0.103. The maximum atomic E-state index is 12.9. The summed E-state index contributed by atoms with van der Waals surface area (Å²) in [6, 6.07) is 9.82. The van der Waals surface area contributed by atoms with Gasteiger partial charge < -0.3 is 10.1 Å². The molecule has 8 heteroatoms. The Kier molecular flexibility index (Phi) is 6.37. The quantitative estimate of drug-likeness (QED) is 0.414. The predicted octanol–water partition coefficient (Wildman–Crippen LogP) is 5.10. The third-order valence-corrected chi connectivity index (χ3v) is 6.84. The standard InChI is InChI=1S/C25H29N5O2S/c1-15-8-7-9-21(10-15)32-13-20-11-23(33-14-20)25(31)26-24-17(3)28-30(19(24)5)12-22-16(2)27-29(6)18(22)4/h7-11,14H,12-13H2,1-6H3,(H,26,31). The van der Waals surface area contributed by atoms with Gasteiger partial charge in [0, 0.05) is 23.9 Å². The van der Waals surface area contributed by atoms with Crippen LogP contribution in [0.2, 0.25) is 0 Å². The number of anilines is 1. The first kappa shape index (κ1) is 22.8. The Morgan fingerprint density at radius 3 is 2.55 bits per heavy atom. The van der Waals surface area contributed by atoms with E-state index in [1.54, 1.807) is 0 Å². The monoisotopic (exact) mass is 463 g/mol. The van der Waals surface area contributed by atoms with Crippen molar-refractivity contribution >= 4 is 22.9 Å². The molecule has 0 aliphatic heterocycles.